The first-order valence-corrected chi connectivity index (χ1v) is 8.00. The number of piperidine rings is 1. The van der Waals surface area contributed by atoms with Crippen LogP contribution in [0.2, 0.25) is 0 Å². The van der Waals surface area contributed by atoms with Gasteiger partial charge in [-0.2, -0.15) is 0 Å². The van der Waals surface area contributed by atoms with Gasteiger partial charge in [0.05, 0.1) is 0 Å². The molecule has 1 aliphatic carbocycles. The minimum Gasteiger partial charge on any atom is -0.313 e. The summed E-state index contributed by atoms with van der Waals surface area (Å²) in [5, 5.41) is 3.93. The van der Waals surface area contributed by atoms with Crippen LogP contribution < -0.4 is 5.32 Å². The highest BCUT2D eigenvalue weighted by atomic mass is 15.2. The van der Waals surface area contributed by atoms with Crippen LogP contribution in [-0.2, 0) is 0 Å². The van der Waals surface area contributed by atoms with Gasteiger partial charge in [0.1, 0.15) is 0 Å². The smallest absolute Gasteiger partial charge is 0.0120 e. The van der Waals surface area contributed by atoms with Crippen molar-refractivity contribution in [2.45, 2.75) is 71.4 Å². The molecule has 1 N–H and O–H groups in total. The molecule has 0 aromatic carbocycles. The molecule has 1 saturated heterocycles. The van der Waals surface area contributed by atoms with Gasteiger partial charge in [-0.15, -0.1) is 0 Å². The Kier molecular flexibility index (Phi) is 4.71. The summed E-state index contributed by atoms with van der Waals surface area (Å²) in [6.45, 7) is 9.67. The first-order chi connectivity index (χ1) is 8.56. The fraction of sp³-hybridized carbons (Fsp3) is 1.00. The van der Waals surface area contributed by atoms with Crippen molar-refractivity contribution >= 4 is 0 Å². The predicted molar refractivity (Wildman–Crippen MR) is 78.9 cm³/mol. The third kappa shape index (κ3) is 3.08. The summed E-state index contributed by atoms with van der Waals surface area (Å²) in [6, 6.07) is 1.47. The second-order valence-electron chi connectivity index (χ2n) is 7.05. The van der Waals surface area contributed by atoms with E-state index in [-0.39, 0.29) is 0 Å². The molecule has 2 heteroatoms. The second kappa shape index (κ2) is 5.92. The fourth-order valence-corrected chi connectivity index (χ4v) is 3.95. The molecule has 0 radical (unpaired) electrons. The van der Waals surface area contributed by atoms with Gasteiger partial charge < -0.3 is 10.2 Å². The average molecular weight is 252 g/mol. The number of hydrogen-bond donors (Lipinski definition) is 1. The average Bonchev–Trinajstić information content (AvgIpc) is 2.82. The minimum atomic E-state index is 0.631. The Bertz CT molecular complexity index is 258. The van der Waals surface area contributed by atoms with Crippen LogP contribution in [0, 0.1) is 11.3 Å². The molecule has 1 aliphatic heterocycles. The van der Waals surface area contributed by atoms with Gasteiger partial charge in [-0.05, 0) is 51.0 Å². The van der Waals surface area contributed by atoms with E-state index in [9.17, 15) is 0 Å². The Morgan fingerprint density at radius 2 is 1.89 bits per heavy atom. The summed E-state index contributed by atoms with van der Waals surface area (Å²) in [6.07, 6.45) is 8.48. The molecular weight excluding hydrogens is 220 g/mol. The molecule has 0 bridgehead atoms. The molecule has 3 unspecified atom stereocenters. The Balaban J connectivity index is 1.85. The maximum Gasteiger partial charge on any atom is 0.0120 e. The van der Waals surface area contributed by atoms with E-state index < -0.39 is 0 Å². The minimum absolute atomic E-state index is 0.631. The van der Waals surface area contributed by atoms with Gasteiger partial charge in [-0.1, -0.05) is 26.7 Å². The molecule has 1 saturated carbocycles. The normalized spacial score (nSPS) is 37.0. The lowest BCUT2D eigenvalue weighted by Gasteiger charge is -2.41. The maximum atomic E-state index is 3.93. The molecule has 106 valence electrons. The molecule has 0 amide bonds. The quantitative estimate of drug-likeness (QED) is 0.826. The Labute approximate surface area is 114 Å². The van der Waals surface area contributed by atoms with E-state index in [0.29, 0.717) is 5.41 Å². The van der Waals surface area contributed by atoms with Gasteiger partial charge >= 0.3 is 0 Å². The van der Waals surface area contributed by atoms with Crippen molar-refractivity contribution in [3.63, 3.8) is 0 Å². The highest BCUT2D eigenvalue weighted by Crippen LogP contribution is 2.40. The molecule has 18 heavy (non-hydrogen) atoms. The molecular formula is C16H32N2. The van der Waals surface area contributed by atoms with E-state index in [2.05, 4.69) is 38.0 Å². The lowest BCUT2D eigenvalue weighted by atomic mass is 9.82. The van der Waals surface area contributed by atoms with Crippen LogP contribution in [0.4, 0.5) is 0 Å². The van der Waals surface area contributed by atoms with Gasteiger partial charge in [0.2, 0.25) is 0 Å². The number of hydrogen-bond acceptors (Lipinski definition) is 2. The summed E-state index contributed by atoms with van der Waals surface area (Å²) in [7, 11) is 2.27. The van der Waals surface area contributed by atoms with Crippen molar-refractivity contribution < 1.29 is 0 Å². The molecule has 3 atom stereocenters. The van der Waals surface area contributed by atoms with Gasteiger partial charge in [-0.3, -0.25) is 0 Å². The van der Waals surface area contributed by atoms with Crippen molar-refractivity contribution in [2.24, 2.45) is 11.3 Å². The Morgan fingerprint density at radius 1 is 1.22 bits per heavy atom. The van der Waals surface area contributed by atoms with E-state index in [0.717, 1.165) is 18.0 Å². The standard InChI is InChI=1S/C16H32N2/c1-5-16(8-6-7-9-16)12-17-15-10-14(3)18(4)11-13(15)2/h13-15,17H,5-12H2,1-4H3. The lowest BCUT2D eigenvalue weighted by molar-refractivity contribution is 0.111. The van der Waals surface area contributed by atoms with Crippen molar-refractivity contribution in [1.82, 2.24) is 10.2 Å². The third-order valence-electron chi connectivity index (χ3n) is 5.76. The number of nitrogens with one attached hydrogen (secondary N) is 1. The first kappa shape index (κ1) is 14.3. The summed E-state index contributed by atoms with van der Waals surface area (Å²) in [5.41, 5.74) is 0.631. The number of likely N-dealkylation sites (tertiary alicyclic amines) is 1. The highest BCUT2D eigenvalue weighted by molar-refractivity contribution is 4.91. The van der Waals surface area contributed by atoms with E-state index in [4.69, 9.17) is 0 Å². The largest absolute Gasteiger partial charge is 0.313 e. The highest BCUT2D eigenvalue weighted by Gasteiger charge is 2.34. The third-order valence-corrected chi connectivity index (χ3v) is 5.76. The molecule has 0 aromatic rings. The summed E-state index contributed by atoms with van der Waals surface area (Å²) < 4.78 is 0. The van der Waals surface area contributed by atoms with Crippen LogP contribution in [0.1, 0.15) is 59.3 Å². The van der Waals surface area contributed by atoms with Crippen LogP contribution in [0.5, 0.6) is 0 Å². The SMILES string of the molecule is CCC1(CNC2CC(C)N(C)CC2C)CCCC1. The molecule has 0 spiro atoms. The van der Waals surface area contributed by atoms with E-state index in [1.54, 1.807) is 0 Å². The van der Waals surface area contributed by atoms with Crippen LogP contribution in [0.25, 0.3) is 0 Å². The molecule has 2 nitrogen and oxygen atoms in total. The second-order valence-corrected chi connectivity index (χ2v) is 7.05. The molecule has 0 aromatic heterocycles. The number of rotatable bonds is 4. The lowest BCUT2D eigenvalue weighted by Crippen LogP contribution is -2.52. The van der Waals surface area contributed by atoms with Gasteiger partial charge in [0, 0.05) is 25.2 Å². The van der Waals surface area contributed by atoms with Gasteiger partial charge in [-0.25, -0.2) is 0 Å². The topological polar surface area (TPSA) is 15.3 Å². The molecule has 2 rings (SSSR count). The zero-order valence-electron chi connectivity index (χ0n) is 12.8. The van der Waals surface area contributed by atoms with Crippen LogP contribution in [-0.4, -0.2) is 37.1 Å². The fourth-order valence-electron chi connectivity index (χ4n) is 3.95. The van der Waals surface area contributed by atoms with Crippen LogP contribution in [0.3, 0.4) is 0 Å². The zero-order valence-corrected chi connectivity index (χ0v) is 12.8. The van der Waals surface area contributed by atoms with Crippen molar-refractivity contribution in [3.05, 3.63) is 0 Å². The monoisotopic (exact) mass is 252 g/mol. The molecule has 2 fully saturated rings. The zero-order chi connectivity index (χ0) is 13.2. The van der Waals surface area contributed by atoms with Crippen molar-refractivity contribution in [1.29, 1.82) is 0 Å². The van der Waals surface area contributed by atoms with E-state index >= 15 is 0 Å². The van der Waals surface area contributed by atoms with Crippen LogP contribution in [0.15, 0.2) is 0 Å². The summed E-state index contributed by atoms with van der Waals surface area (Å²) >= 11 is 0. The summed E-state index contributed by atoms with van der Waals surface area (Å²) in [4.78, 5) is 2.51. The number of nitrogens with zero attached hydrogens (tertiary/aromatic N) is 1. The Hall–Kier alpha value is -0.0800. The van der Waals surface area contributed by atoms with E-state index in [1.807, 2.05) is 0 Å². The Morgan fingerprint density at radius 3 is 2.50 bits per heavy atom. The maximum absolute atomic E-state index is 3.93. The molecule has 1 heterocycles. The molecule has 2 aliphatic rings. The van der Waals surface area contributed by atoms with E-state index in [1.165, 1.54) is 51.6 Å². The van der Waals surface area contributed by atoms with Crippen LogP contribution >= 0.6 is 0 Å². The van der Waals surface area contributed by atoms with Gasteiger partial charge in [0.15, 0.2) is 0 Å². The first-order valence-electron chi connectivity index (χ1n) is 8.00. The van der Waals surface area contributed by atoms with Crippen molar-refractivity contribution in [2.75, 3.05) is 20.1 Å². The summed E-state index contributed by atoms with van der Waals surface area (Å²) in [5.74, 6) is 0.793. The van der Waals surface area contributed by atoms with Crippen molar-refractivity contribution in [3.8, 4) is 0 Å². The van der Waals surface area contributed by atoms with Gasteiger partial charge in [0.25, 0.3) is 0 Å². The predicted octanol–water partition coefficient (Wildman–Crippen LogP) is 3.28.